The van der Waals surface area contributed by atoms with E-state index in [1.807, 2.05) is 31.2 Å². The third kappa shape index (κ3) is 4.62. The van der Waals surface area contributed by atoms with Crippen LogP contribution >= 0.6 is 0 Å². The lowest BCUT2D eigenvalue weighted by Crippen LogP contribution is -2.40. The van der Waals surface area contributed by atoms with Gasteiger partial charge in [0.1, 0.15) is 11.8 Å². The van der Waals surface area contributed by atoms with Gasteiger partial charge in [0, 0.05) is 23.6 Å². The second kappa shape index (κ2) is 9.57. The van der Waals surface area contributed by atoms with Gasteiger partial charge in [0.15, 0.2) is 5.82 Å². The molecule has 0 saturated carbocycles. The SMILES string of the molecule is CCOc1ccc2[nH]c(=O)c([C@@H](c3nnnn3CCOC)N3CCC(C)CC3)cc2c1. The van der Waals surface area contributed by atoms with Gasteiger partial charge in [-0.3, -0.25) is 9.69 Å². The predicted molar refractivity (Wildman–Crippen MR) is 117 cm³/mol. The van der Waals surface area contributed by atoms with E-state index in [1.165, 1.54) is 0 Å². The van der Waals surface area contributed by atoms with Gasteiger partial charge in [0.25, 0.3) is 5.56 Å². The van der Waals surface area contributed by atoms with Crippen LogP contribution < -0.4 is 10.3 Å². The van der Waals surface area contributed by atoms with Crippen molar-refractivity contribution in [1.82, 2.24) is 30.1 Å². The number of ether oxygens (including phenoxy) is 2. The molecule has 1 aliphatic rings. The Kier molecular flexibility index (Phi) is 6.62. The van der Waals surface area contributed by atoms with Gasteiger partial charge in [-0.15, -0.1) is 5.10 Å². The maximum absolute atomic E-state index is 13.2. The molecule has 166 valence electrons. The molecular formula is C22H30N6O3. The van der Waals surface area contributed by atoms with E-state index in [9.17, 15) is 4.79 Å². The van der Waals surface area contributed by atoms with Crippen LogP contribution in [0.4, 0.5) is 0 Å². The molecule has 0 aliphatic carbocycles. The van der Waals surface area contributed by atoms with E-state index in [0.29, 0.717) is 37.1 Å². The second-order valence-corrected chi connectivity index (χ2v) is 8.11. The fourth-order valence-electron chi connectivity index (χ4n) is 4.19. The second-order valence-electron chi connectivity index (χ2n) is 8.11. The van der Waals surface area contributed by atoms with Crippen molar-refractivity contribution in [2.75, 3.05) is 33.4 Å². The molecule has 3 aromatic rings. The van der Waals surface area contributed by atoms with Crippen LogP contribution in [0, 0.1) is 5.92 Å². The summed E-state index contributed by atoms with van der Waals surface area (Å²) in [6.07, 6.45) is 2.16. The van der Waals surface area contributed by atoms with Gasteiger partial charge in [0.2, 0.25) is 0 Å². The van der Waals surface area contributed by atoms with Gasteiger partial charge in [-0.1, -0.05) is 6.92 Å². The van der Waals surface area contributed by atoms with Crippen LogP contribution in [-0.2, 0) is 11.3 Å². The average molecular weight is 427 g/mol. The van der Waals surface area contributed by atoms with Crippen molar-refractivity contribution < 1.29 is 9.47 Å². The van der Waals surface area contributed by atoms with Crippen molar-refractivity contribution in [3.05, 3.63) is 46.0 Å². The van der Waals surface area contributed by atoms with Crippen molar-refractivity contribution in [3.63, 3.8) is 0 Å². The molecule has 1 aliphatic heterocycles. The topological polar surface area (TPSA) is 98.2 Å². The molecule has 1 atom stereocenters. The quantitative estimate of drug-likeness (QED) is 0.590. The number of methoxy groups -OCH3 is 1. The molecule has 0 bridgehead atoms. The van der Waals surface area contributed by atoms with E-state index in [-0.39, 0.29) is 11.6 Å². The molecule has 1 N–H and O–H groups in total. The molecule has 9 heteroatoms. The number of likely N-dealkylation sites (tertiary alicyclic amines) is 1. The highest BCUT2D eigenvalue weighted by molar-refractivity contribution is 5.80. The first kappa shape index (κ1) is 21.5. The van der Waals surface area contributed by atoms with Gasteiger partial charge in [0.05, 0.1) is 19.8 Å². The number of H-pyrrole nitrogens is 1. The zero-order valence-corrected chi connectivity index (χ0v) is 18.4. The van der Waals surface area contributed by atoms with Crippen molar-refractivity contribution >= 4 is 10.9 Å². The number of fused-ring (bicyclic) bond motifs is 1. The van der Waals surface area contributed by atoms with Crippen LogP contribution in [0.3, 0.4) is 0 Å². The number of nitrogens with zero attached hydrogens (tertiary/aromatic N) is 5. The molecule has 0 unspecified atom stereocenters. The van der Waals surface area contributed by atoms with Gasteiger partial charge in [-0.2, -0.15) is 0 Å². The predicted octanol–water partition coefficient (Wildman–Crippen LogP) is 2.38. The van der Waals surface area contributed by atoms with Crippen LogP contribution in [0.5, 0.6) is 5.75 Å². The first-order chi connectivity index (χ1) is 15.1. The Bertz CT molecular complexity index is 1070. The summed E-state index contributed by atoms with van der Waals surface area (Å²) in [5.74, 6) is 2.11. The lowest BCUT2D eigenvalue weighted by molar-refractivity contribution is 0.144. The van der Waals surface area contributed by atoms with Crippen LogP contribution in [0.25, 0.3) is 10.9 Å². The van der Waals surface area contributed by atoms with Crippen LogP contribution in [-0.4, -0.2) is 63.5 Å². The van der Waals surface area contributed by atoms with Crippen molar-refractivity contribution in [2.24, 2.45) is 5.92 Å². The number of hydrogen-bond donors (Lipinski definition) is 1. The Morgan fingerprint density at radius 1 is 1.26 bits per heavy atom. The maximum Gasteiger partial charge on any atom is 0.253 e. The van der Waals surface area contributed by atoms with Gasteiger partial charge in [-0.25, -0.2) is 4.68 Å². The number of benzene rings is 1. The number of hydrogen-bond acceptors (Lipinski definition) is 7. The largest absolute Gasteiger partial charge is 0.494 e. The molecule has 0 radical (unpaired) electrons. The normalized spacial score (nSPS) is 16.6. The molecule has 2 aromatic heterocycles. The third-order valence-electron chi connectivity index (χ3n) is 5.94. The third-order valence-corrected chi connectivity index (χ3v) is 5.94. The van der Waals surface area contributed by atoms with E-state index < -0.39 is 0 Å². The Balaban J connectivity index is 1.81. The molecule has 1 saturated heterocycles. The van der Waals surface area contributed by atoms with Gasteiger partial charge in [-0.05, 0) is 73.5 Å². The molecular weight excluding hydrogens is 396 g/mol. The van der Waals surface area contributed by atoms with E-state index in [1.54, 1.807) is 11.8 Å². The zero-order chi connectivity index (χ0) is 21.8. The lowest BCUT2D eigenvalue weighted by atomic mass is 9.95. The maximum atomic E-state index is 13.2. The Hall–Kier alpha value is -2.78. The Morgan fingerprint density at radius 2 is 2.06 bits per heavy atom. The van der Waals surface area contributed by atoms with E-state index >= 15 is 0 Å². The molecule has 1 fully saturated rings. The number of piperidine rings is 1. The number of rotatable bonds is 8. The summed E-state index contributed by atoms with van der Waals surface area (Å²) < 4.78 is 12.6. The lowest BCUT2D eigenvalue weighted by Gasteiger charge is -2.35. The highest BCUT2D eigenvalue weighted by Crippen LogP contribution is 2.31. The first-order valence-electron chi connectivity index (χ1n) is 10.9. The first-order valence-corrected chi connectivity index (χ1v) is 10.9. The number of aromatic amines is 1. The summed E-state index contributed by atoms with van der Waals surface area (Å²) in [5.41, 5.74) is 1.30. The molecule has 3 heterocycles. The summed E-state index contributed by atoms with van der Waals surface area (Å²) in [5, 5.41) is 13.3. The fraction of sp³-hybridized carbons (Fsp3) is 0.545. The van der Waals surface area contributed by atoms with Crippen LogP contribution in [0.15, 0.2) is 29.1 Å². The average Bonchev–Trinajstić information content (AvgIpc) is 3.22. The Labute approximate surface area is 181 Å². The minimum atomic E-state index is -0.330. The van der Waals surface area contributed by atoms with E-state index in [0.717, 1.165) is 42.6 Å². The van der Waals surface area contributed by atoms with E-state index in [2.05, 4.69) is 32.3 Å². The summed E-state index contributed by atoms with van der Waals surface area (Å²) in [6, 6.07) is 7.33. The number of pyridine rings is 1. The number of tetrazole rings is 1. The number of aromatic nitrogens is 5. The van der Waals surface area contributed by atoms with Gasteiger partial charge < -0.3 is 14.5 Å². The van der Waals surface area contributed by atoms with Gasteiger partial charge >= 0.3 is 0 Å². The van der Waals surface area contributed by atoms with Crippen molar-refractivity contribution in [1.29, 1.82) is 0 Å². The van der Waals surface area contributed by atoms with Crippen molar-refractivity contribution in [3.8, 4) is 5.75 Å². The summed E-state index contributed by atoms with van der Waals surface area (Å²) in [6.45, 7) is 7.61. The highest BCUT2D eigenvalue weighted by Gasteiger charge is 2.32. The standard InChI is InChI=1S/C22H30N6O3/c1-4-31-17-5-6-19-16(13-17)14-18(22(29)23-19)20(27-9-7-15(2)8-10-27)21-24-25-26-28(21)11-12-30-3/h5-6,13-15,20H,4,7-12H2,1-3H3,(H,23,29)/t20-/m0/s1. The Morgan fingerprint density at radius 3 is 2.81 bits per heavy atom. The zero-order valence-electron chi connectivity index (χ0n) is 18.4. The molecule has 0 spiro atoms. The number of nitrogens with one attached hydrogen (secondary N) is 1. The summed E-state index contributed by atoms with van der Waals surface area (Å²) >= 11 is 0. The smallest absolute Gasteiger partial charge is 0.253 e. The fourth-order valence-corrected chi connectivity index (χ4v) is 4.19. The summed E-state index contributed by atoms with van der Waals surface area (Å²) in [4.78, 5) is 18.6. The minimum Gasteiger partial charge on any atom is -0.494 e. The van der Waals surface area contributed by atoms with Crippen LogP contribution in [0.1, 0.15) is 44.1 Å². The monoisotopic (exact) mass is 426 g/mol. The van der Waals surface area contributed by atoms with Crippen molar-refractivity contribution in [2.45, 2.75) is 39.3 Å². The molecule has 9 nitrogen and oxygen atoms in total. The molecule has 31 heavy (non-hydrogen) atoms. The molecule has 4 rings (SSSR count). The summed E-state index contributed by atoms with van der Waals surface area (Å²) in [7, 11) is 1.65. The molecule has 0 amide bonds. The highest BCUT2D eigenvalue weighted by atomic mass is 16.5. The van der Waals surface area contributed by atoms with Crippen LogP contribution in [0.2, 0.25) is 0 Å². The minimum absolute atomic E-state index is 0.124. The molecule has 1 aromatic carbocycles. The van der Waals surface area contributed by atoms with E-state index in [4.69, 9.17) is 9.47 Å².